The van der Waals surface area contributed by atoms with E-state index in [9.17, 15) is 4.79 Å². The fourth-order valence-electron chi connectivity index (χ4n) is 2.24. The van der Waals surface area contributed by atoms with Crippen molar-refractivity contribution in [3.63, 3.8) is 0 Å². The molecule has 132 valence electrons. The number of hydrogen-bond acceptors (Lipinski definition) is 6. The Hall–Kier alpha value is -2.83. The number of aromatic nitrogens is 2. The second kappa shape index (κ2) is 8.03. The number of halogens is 2. The van der Waals surface area contributed by atoms with Gasteiger partial charge < -0.3 is 15.4 Å². The van der Waals surface area contributed by atoms with Crippen LogP contribution in [0.2, 0.25) is 10.0 Å². The Morgan fingerprint density at radius 2 is 1.65 bits per heavy atom. The van der Waals surface area contributed by atoms with E-state index in [-0.39, 0.29) is 0 Å². The SMILES string of the molecule is COC(=O)c1ccccc1Nc1cc(Nc2cc(Cl)ccc2Cl)ncn1. The molecule has 3 aromatic rings. The molecule has 0 unspecified atom stereocenters. The van der Waals surface area contributed by atoms with Crippen molar-refractivity contribution in [1.29, 1.82) is 0 Å². The number of nitrogens with one attached hydrogen (secondary N) is 2. The van der Waals surface area contributed by atoms with E-state index in [2.05, 4.69) is 20.6 Å². The lowest BCUT2D eigenvalue weighted by atomic mass is 10.2. The summed E-state index contributed by atoms with van der Waals surface area (Å²) in [5, 5.41) is 7.24. The maximum Gasteiger partial charge on any atom is 0.339 e. The number of benzene rings is 2. The molecule has 0 atom stereocenters. The Balaban J connectivity index is 1.85. The van der Waals surface area contributed by atoms with Crippen LogP contribution in [-0.2, 0) is 4.74 Å². The Morgan fingerprint density at radius 1 is 0.962 bits per heavy atom. The highest BCUT2D eigenvalue weighted by Crippen LogP contribution is 2.28. The monoisotopic (exact) mass is 388 g/mol. The number of ether oxygens (including phenoxy) is 1. The highest BCUT2D eigenvalue weighted by molar-refractivity contribution is 6.35. The fourth-order valence-corrected chi connectivity index (χ4v) is 2.58. The summed E-state index contributed by atoms with van der Waals surface area (Å²) in [6, 6.07) is 13.8. The smallest absolute Gasteiger partial charge is 0.339 e. The summed E-state index contributed by atoms with van der Waals surface area (Å²) in [7, 11) is 1.33. The van der Waals surface area contributed by atoms with Gasteiger partial charge in [0.2, 0.25) is 0 Å². The van der Waals surface area contributed by atoms with Gasteiger partial charge in [0.05, 0.1) is 29.1 Å². The van der Waals surface area contributed by atoms with E-state index in [1.165, 1.54) is 13.4 Å². The van der Waals surface area contributed by atoms with Gasteiger partial charge in [-0.1, -0.05) is 35.3 Å². The van der Waals surface area contributed by atoms with Gasteiger partial charge in [-0.2, -0.15) is 0 Å². The third kappa shape index (κ3) is 4.22. The molecule has 2 aromatic carbocycles. The van der Waals surface area contributed by atoms with Crippen molar-refractivity contribution in [2.45, 2.75) is 0 Å². The molecule has 0 aliphatic carbocycles. The molecule has 26 heavy (non-hydrogen) atoms. The van der Waals surface area contributed by atoms with E-state index in [1.54, 1.807) is 48.5 Å². The molecule has 6 nitrogen and oxygen atoms in total. The highest BCUT2D eigenvalue weighted by Gasteiger charge is 2.12. The molecule has 0 fully saturated rings. The van der Waals surface area contributed by atoms with Crippen LogP contribution < -0.4 is 10.6 Å². The van der Waals surface area contributed by atoms with Crippen LogP contribution in [0.15, 0.2) is 54.9 Å². The molecule has 8 heteroatoms. The highest BCUT2D eigenvalue weighted by atomic mass is 35.5. The molecule has 0 saturated heterocycles. The number of esters is 1. The minimum Gasteiger partial charge on any atom is -0.465 e. The second-order valence-electron chi connectivity index (χ2n) is 5.20. The largest absolute Gasteiger partial charge is 0.465 e. The molecule has 0 bridgehead atoms. The van der Waals surface area contributed by atoms with Gasteiger partial charge in [-0.15, -0.1) is 0 Å². The maximum atomic E-state index is 11.9. The van der Waals surface area contributed by atoms with Crippen LogP contribution in [0.5, 0.6) is 0 Å². The molecular weight excluding hydrogens is 375 g/mol. The standard InChI is InChI=1S/C18H14Cl2N4O2/c1-26-18(25)12-4-2-3-5-14(12)23-16-9-17(22-10-21-16)24-15-8-11(19)6-7-13(15)20/h2-10H,1H3,(H2,21,22,23,24). The summed E-state index contributed by atoms with van der Waals surface area (Å²) in [6.07, 6.45) is 1.39. The molecule has 0 aliphatic rings. The van der Waals surface area contributed by atoms with Gasteiger partial charge in [0.15, 0.2) is 0 Å². The van der Waals surface area contributed by atoms with Crippen molar-refractivity contribution < 1.29 is 9.53 Å². The molecule has 0 saturated carbocycles. The van der Waals surface area contributed by atoms with E-state index >= 15 is 0 Å². The minimum absolute atomic E-state index is 0.404. The van der Waals surface area contributed by atoms with Gasteiger partial charge >= 0.3 is 5.97 Å². The minimum atomic E-state index is -0.439. The quantitative estimate of drug-likeness (QED) is 0.595. The lowest BCUT2D eigenvalue weighted by molar-refractivity contribution is 0.0602. The summed E-state index contributed by atoms with van der Waals surface area (Å²) in [5.41, 5.74) is 1.60. The number of nitrogens with zero attached hydrogens (tertiary/aromatic N) is 2. The van der Waals surface area contributed by atoms with Crippen molar-refractivity contribution in [3.8, 4) is 0 Å². The van der Waals surface area contributed by atoms with Crippen molar-refractivity contribution >= 4 is 52.2 Å². The maximum absolute atomic E-state index is 11.9. The zero-order chi connectivity index (χ0) is 18.5. The molecule has 0 amide bonds. The van der Waals surface area contributed by atoms with E-state index in [0.717, 1.165) is 0 Å². The third-order valence-electron chi connectivity index (χ3n) is 3.45. The number of para-hydroxylation sites is 1. The van der Waals surface area contributed by atoms with E-state index < -0.39 is 5.97 Å². The van der Waals surface area contributed by atoms with Gasteiger partial charge in [0.25, 0.3) is 0 Å². The van der Waals surface area contributed by atoms with Gasteiger partial charge in [0.1, 0.15) is 18.0 Å². The summed E-state index contributed by atoms with van der Waals surface area (Å²) < 4.78 is 4.79. The number of carbonyl (C=O) groups excluding carboxylic acids is 1. The first-order chi connectivity index (χ1) is 12.6. The second-order valence-corrected chi connectivity index (χ2v) is 6.04. The van der Waals surface area contributed by atoms with Crippen LogP contribution in [0.1, 0.15) is 10.4 Å². The predicted octanol–water partition coefficient (Wildman–Crippen LogP) is 5.06. The average Bonchev–Trinajstić information content (AvgIpc) is 2.65. The first kappa shape index (κ1) is 18.0. The van der Waals surface area contributed by atoms with Gasteiger partial charge in [0, 0.05) is 11.1 Å². The molecule has 1 heterocycles. The number of hydrogen-bond donors (Lipinski definition) is 2. The van der Waals surface area contributed by atoms with Gasteiger partial charge in [-0.3, -0.25) is 0 Å². The predicted molar refractivity (Wildman–Crippen MR) is 103 cm³/mol. The molecule has 0 aliphatic heterocycles. The van der Waals surface area contributed by atoms with Crippen molar-refractivity contribution in [3.05, 3.63) is 70.5 Å². The molecule has 0 radical (unpaired) electrons. The Morgan fingerprint density at radius 3 is 2.38 bits per heavy atom. The summed E-state index contributed by atoms with van der Waals surface area (Å²) in [4.78, 5) is 20.2. The van der Waals surface area contributed by atoms with E-state index in [0.29, 0.717) is 38.6 Å². The first-order valence-corrected chi connectivity index (χ1v) is 8.31. The number of anilines is 4. The van der Waals surface area contributed by atoms with Crippen LogP contribution in [0.25, 0.3) is 0 Å². The molecule has 0 spiro atoms. The van der Waals surface area contributed by atoms with E-state index in [4.69, 9.17) is 27.9 Å². The fraction of sp³-hybridized carbons (Fsp3) is 0.0556. The zero-order valence-corrected chi connectivity index (χ0v) is 15.2. The van der Waals surface area contributed by atoms with Crippen LogP contribution in [-0.4, -0.2) is 23.0 Å². The van der Waals surface area contributed by atoms with Gasteiger partial charge in [-0.25, -0.2) is 14.8 Å². The van der Waals surface area contributed by atoms with Crippen molar-refractivity contribution in [2.75, 3.05) is 17.7 Å². The zero-order valence-electron chi connectivity index (χ0n) is 13.7. The number of rotatable bonds is 5. The molecular formula is C18H14Cl2N4O2. The average molecular weight is 389 g/mol. The number of carbonyl (C=O) groups is 1. The summed E-state index contributed by atoms with van der Waals surface area (Å²) in [5.74, 6) is 0.574. The molecule has 3 rings (SSSR count). The van der Waals surface area contributed by atoms with Gasteiger partial charge in [-0.05, 0) is 30.3 Å². The Bertz CT molecular complexity index is 950. The Labute approximate surface area is 160 Å². The van der Waals surface area contributed by atoms with E-state index in [1.807, 2.05) is 0 Å². The molecule has 2 N–H and O–H groups in total. The first-order valence-electron chi connectivity index (χ1n) is 7.55. The lowest BCUT2D eigenvalue weighted by Gasteiger charge is -2.12. The Kier molecular flexibility index (Phi) is 5.55. The van der Waals surface area contributed by atoms with Crippen LogP contribution in [0.3, 0.4) is 0 Å². The third-order valence-corrected chi connectivity index (χ3v) is 4.02. The summed E-state index contributed by atoms with van der Waals surface area (Å²) in [6.45, 7) is 0. The van der Waals surface area contributed by atoms with Crippen LogP contribution in [0.4, 0.5) is 23.0 Å². The normalized spacial score (nSPS) is 10.3. The van der Waals surface area contributed by atoms with Crippen LogP contribution in [0, 0.1) is 0 Å². The van der Waals surface area contributed by atoms with Crippen molar-refractivity contribution in [1.82, 2.24) is 9.97 Å². The topological polar surface area (TPSA) is 76.1 Å². The lowest BCUT2D eigenvalue weighted by Crippen LogP contribution is -2.06. The summed E-state index contributed by atoms with van der Waals surface area (Å²) >= 11 is 12.2. The van der Waals surface area contributed by atoms with Crippen LogP contribution >= 0.6 is 23.2 Å². The number of methoxy groups -OCH3 is 1. The molecule has 1 aromatic heterocycles. The van der Waals surface area contributed by atoms with Crippen molar-refractivity contribution in [2.24, 2.45) is 0 Å².